The molecule has 1 aromatic carbocycles. The number of nitrogens with one attached hydrogen (secondary N) is 1. The first-order chi connectivity index (χ1) is 13.3. The van der Waals surface area contributed by atoms with Gasteiger partial charge in [-0.3, -0.25) is 4.79 Å². The average molecular weight is 375 g/mol. The molecule has 1 aliphatic carbocycles. The third-order valence-electron chi connectivity index (χ3n) is 5.84. The summed E-state index contributed by atoms with van der Waals surface area (Å²) < 4.78 is 10.7. The number of carbonyl (C=O) groups is 1. The summed E-state index contributed by atoms with van der Waals surface area (Å²) >= 11 is 0. The molecule has 1 heterocycles. The van der Waals surface area contributed by atoms with Crippen LogP contribution in [0.5, 0.6) is 5.75 Å². The lowest BCUT2D eigenvalue weighted by molar-refractivity contribution is 0.0894. The van der Waals surface area contributed by atoms with Crippen molar-refractivity contribution in [2.75, 3.05) is 40.0 Å². The van der Waals surface area contributed by atoms with Crippen molar-refractivity contribution in [2.24, 2.45) is 5.92 Å². The van der Waals surface area contributed by atoms with Gasteiger partial charge in [-0.05, 0) is 43.7 Å². The second kappa shape index (κ2) is 10.7. The summed E-state index contributed by atoms with van der Waals surface area (Å²) in [5.74, 6) is 1.48. The Hall–Kier alpha value is -1.59. The first kappa shape index (κ1) is 20.2. The fourth-order valence-corrected chi connectivity index (χ4v) is 4.27. The summed E-state index contributed by atoms with van der Waals surface area (Å²) in [6, 6.07) is 7.70. The maximum atomic E-state index is 12.7. The van der Waals surface area contributed by atoms with Crippen LogP contribution in [0, 0.1) is 5.92 Å². The Morgan fingerprint density at radius 2 is 1.81 bits per heavy atom. The van der Waals surface area contributed by atoms with Gasteiger partial charge in [-0.15, -0.1) is 0 Å². The Morgan fingerprint density at radius 1 is 1.07 bits per heavy atom. The van der Waals surface area contributed by atoms with Gasteiger partial charge in [0.2, 0.25) is 0 Å². The molecule has 2 aliphatic rings. The number of likely N-dealkylation sites (tertiary alicyclic amines) is 1. The van der Waals surface area contributed by atoms with E-state index >= 15 is 0 Å². The quantitative estimate of drug-likeness (QED) is 0.708. The number of piperidine rings is 1. The molecule has 3 rings (SSSR count). The lowest BCUT2D eigenvalue weighted by atomic mass is 9.88. The molecule has 150 valence electrons. The maximum Gasteiger partial charge on any atom is 0.255 e. The summed E-state index contributed by atoms with van der Waals surface area (Å²) in [6.45, 7) is 4.38. The second-order valence-corrected chi connectivity index (χ2v) is 7.89. The van der Waals surface area contributed by atoms with Crippen molar-refractivity contribution < 1.29 is 14.3 Å². The predicted octanol–water partition coefficient (Wildman–Crippen LogP) is 3.49. The van der Waals surface area contributed by atoms with Crippen molar-refractivity contribution in [3.63, 3.8) is 0 Å². The highest BCUT2D eigenvalue weighted by Gasteiger charge is 2.24. The molecular formula is C22H34N2O3. The molecule has 1 aromatic rings. The van der Waals surface area contributed by atoms with E-state index in [1.54, 1.807) is 7.11 Å². The van der Waals surface area contributed by atoms with Gasteiger partial charge < -0.3 is 19.7 Å². The largest absolute Gasteiger partial charge is 0.490 e. The number of carbonyl (C=O) groups excluding carboxylic acids is 1. The Bertz CT molecular complexity index is 579. The number of rotatable bonds is 8. The minimum absolute atomic E-state index is 0.0336. The number of amides is 1. The van der Waals surface area contributed by atoms with Crippen molar-refractivity contribution >= 4 is 5.91 Å². The number of para-hydroxylation sites is 1. The molecule has 1 aliphatic heterocycles. The highest BCUT2D eigenvalue weighted by atomic mass is 16.5. The van der Waals surface area contributed by atoms with Crippen LogP contribution in [-0.2, 0) is 4.74 Å². The van der Waals surface area contributed by atoms with E-state index in [2.05, 4.69) is 10.2 Å². The standard InChI is InChI=1S/C22H34N2O3/c1-26-15-16-27-21-10-6-5-9-20(21)22(25)23-19-11-13-24(14-12-19)17-18-7-3-2-4-8-18/h5-6,9-10,18-19H,2-4,7-8,11-17H2,1H3,(H,23,25). The molecule has 1 saturated heterocycles. The van der Waals surface area contributed by atoms with Crippen LogP contribution in [0.3, 0.4) is 0 Å². The Labute approximate surface area is 163 Å². The van der Waals surface area contributed by atoms with Crippen molar-refractivity contribution in [1.29, 1.82) is 0 Å². The van der Waals surface area contributed by atoms with E-state index in [4.69, 9.17) is 9.47 Å². The molecule has 0 radical (unpaired) electrons. The van der Waals surface area contributed by atoms with Crippen molar-refractivity contribution in [3.05, 3.63) is 29.8 Å². The molecule has 0 unspecified atom stereocenters. The van der Waals surface area contributed by atoms with Crippen LogP contribution in [0.1, 0.15) is 55.3 Å². The van der Waals surface area contributed by atoms with Crippen LogP contribution in [0.2, 0.25) is 0 Å². The average Bonchev–Trinajstić information content (AvgIpc) is 2.71. The molecule has 1 saturated carbocycles. The fourth-order valence-electron chi connectivity index (χ4n) is 4.27. The zero-order valence-electron chi connectivity index (χ0n) is 16.6. The van der Waals surface area contributed by atoms with Gasteiger partial charge in [0.1, 0.15) is 12.4 Å². The number of hydrogen-bond donors (Lipinski definition) is 1. The van der Waals surface area contributed by atoms with E-state index in [9.17, 15) is 4.79 Å². The zero-order chi connectivity index (χ0) is 18.9. The molecule has 0 bridgehead atoms. The minimum atomic E-state index is -0.0336. The Kier molecular flexibility index (Phi) is 7.96. The molecule has 5 nitrogen and oxygen atoms in total. The first-order valence-electron chi connectivity index (χ1n) is 10.5. The number of nitrogens with zero attached hydrogens (tertiary/aromatic N) is 1. The molecule has 0 atom stereocenters. The van der Waals surface area contributed by atoms with Crippen LogP contribution in [0.25, 0.3) is 0 Å². The molecule has 0 spiro atoms. The first-order valence-corrected chi connectivity index (χ1v) is 10.5. The summed E-state index contributed by atoms with van der Waals surface area (Å²) in [5.41, 5.74) is 0.609. The van der Waals surface area contributed by atoms with Gasteiger partial charge >= 0.3 is 0 Å². The molecule has 1 N–H and O–H groups in total. The fraction of sp³-hybridized carbons (Fsp3) is 0.682. The monoisotopic (exact) mass is 374 g/mol. The van der Waals surface area contributed by atoms with Gasteiger partial charge in [-0.1, -0.05) is 31.4 Å². The van der Waals surface area contributed by atoms with E-state index in [1.165, 1.54) is 38.6 Å². The van der Waals surface area contributed by atoms with E-state index in [1.807, 2.05) is 24.3 Å². The van der Waals surface area contributed by atoms with Crippen LogP contribution in [0.15, 0.2) is 24.3 Å². The lowest BCUT2D eigenvalue weighted by Crippen LogP contribution is -2.46. The highest BCUT2D eigenvalue weighted by molar-refractivity contribution is 5.97. The SMILES string of the molecule is COCCOc1ccccc1C(=O)NC1CCN(CC2CCCCC2)CC1. The zero-order valence-corrected chi connectivity index (χ0v) is 16.6. The van der Waals surface area contributed by atoms with Crippen molar-refractivity contribution in [2.45, 2.75) is 51.0 Å². The second-order valence-electron chi connectivity index (χ2n) is 7.89. The topological polar surface area (TPSA) is 50.8 Å². The summed E-state index contributed by atoms with van der Waals surface area (Å²) in [5, 5.41) is 3.21. The van der Waals surface area contributed by atoms with E-state index in [-0.39, 0.29) is 11.9 Å². The van der Waals surface area contributed by atoms with Crippen LogP contribution >= 0.6 is 0 Å². The van der Waals surface area contributed by atoms with Gasteiger partial charge in [0.15, 0.2) is 0 Å². The normalized spacial score (nSPS) is 19.7. The molecule has 5 heteroatoms. The van der Waals surface area contributed by atoms with Crippen molar-refractivity contribution in [3.8, 4) is 5.75 Å². The van der Waals surface area contributed by atoms with Crippen molar-refractivity contribution in [1.82, 2.24) is 10.2 Å². The molecule has 1 amide bonds. The van der Waals surface area contributed by atoms with Crippen LogP contribution in [-0.4, -0.2) is 56.8 Å². The molecule has 2 fully saturated rings. The number of benzene rings is 1. The third kappa shape index (κ3) is 6.22. The Balaban J connectivity index is 1.45. The van der Waals surface area contributed by atoms with E-state index in [0.717, 1.165) is 31.8 Å². The molecule has 27 heavy (non-hydrogen) atoms. The van der Waals surface area contributed by atoms with Crippen LogP contribution < -0.4 is 10.1 Å². The number of ether oxygens (including phenoxy) is 2. The highest BCUT2D eigenvalue weighted by Crippen LogP contribution is 2.25. The van der Waals surface area contributed by atoms with Gasteiger partial charge in [0.05, 0.1) is 12.2 Å². The van der Waals surface area contributed by atoms with Gasteiger partial charge in [0, 0.05) is 32.8 Å². The van der Waals surface area contributed by atoms with E-state index in [0.29, 0.717) is 24.5 Å². The number of methoxy groups -OCH3 is 1. The van der Waals surface area contributed by atoms with E-state index < -0.39 is 0 Å². The lowest BCUT2D eigenvalue weighted by Gasteiger charge is -2.35. The van der Waals surface area contributed by atoms with Crippen LogP contribution in [0.4, 0.5) is 0 Å². The molecule has 0 aromatic heterocycles. The summed E-state index contributed by atoms with van der Waals surface area (Å²) in [7, 11) is 1.64. The summed E-state index contributed by atoms with van der Waals surface area (Å²) in [6.07, 6.45) is 9.09. The number of hydrogen-bond acceptors (Lipinski definition) is 4. The minimum Gasteiger partial charge on any atom is -0.490 e. The molecular weight excluding hydrogens is 340 g/mol. The Morgan fingerprint density at radius 3 is 2.56 bits per heavy atom. The predicted molar refractivity (Wildman–Crippen MR) is 107 cm³/mol. The smallest absolute Gasteiger partial charge is 0.255 e. The van der Waals surface area contributed by atoms with Gasteiger partial charge in [-0.2, -0.15) is 0 Å². The van der Waals surface area contributed by atoms with Gasteiger partial charge in [-0.25, -0.2) is 0 Å². The third-order valence-corrected chi connectivity index (χ3v) is 5.84. The summed E-state index contributed by atoms with van der Waals surface area (Å²) in [4.78, 5) is 15.3. The van der Waals surface area contributed by atoms with Gasteiger partial charge in [0.25, 0.3) is 5.91 Å². The maximum absolute atomic E-state index is 12.7.